The molecule has 3 rings (SSSR count). The molecule has 8 heteroatoms. The van der Waals surface area contributed by atoms with Gasteiger partial charge in [-0.3, -0.25) is 4.79 Å². The van der Waals surface area contributed by atoms with Gasteiger partial charge in [0.05, 0.1) is 16.5 Å². The number of ketones is 1. The smallest absolute Gasteiger partial charge is 0.335 e. The van der Waals surface area contributed by atoms with Gasteiger partial charge in [-0.15, -0.1) is 5.10 Å². The molecule has 0 aliphatic carbocycles. The Morgan fingerprint density at radius 1 is 1.03 bits per heavy atom. The van der Waals surface area contributed by atoms with E-state index in [-0.39, 0.29) is 27.9 Å². The summed E-state index contributed by atoms with van der Waals surface area (Å²) in [6.07, 6.45) is 3.00. The first kappa shape index (κ1) is 24.6. The zero-order valence-corrected chi connectivity index (χ0v) is 20.2. The average molecular weight is 467 g/mol. The number of aromatic carboxylic acids is 1. The molecule has 0 fully saturated rings. The maximum absolute atomic E-state index is 13.7. The first-order chi connectivity index (χ1) is 15.7. The number of carboxylic acids is 1. The molecular weight excluding hydrogens is 436 g/mol. The first-order valence-electron chi connectivity index (χ1n) is 11.1. The number of aromatic nitrogens is 4. The molecule has 2 atom stereocenters. The third kappa shape index (κ3) is 6.07. The lowest BCUT2D eigenvalue weighted by molar-refractivity contribution is 0.0696. The molecule has 174 valence electrons. The van der Waals surface area contributed by atoms with Crippen molar-refractivity contribution in [2.45, 2.75) is 57.4 Å². The van der Waals surface area contributed by atoms with Crippen LogP contribution in [0.5, 0.6) is 0 Å². The monoisotopic (exact) mass is 466 g/mol. The maximum Gasteiger partial charge on any atom is 0.335 e. The number of hydrogen-bond acceptors (Lipinski definition) is 6. The number of carboxylic acid groups (broad SMARTS) is 1. The summed E-state index contributed by atoms with van der Waals surface area (Å²) >= 11 is 1.38. The molecule has 33 heavy (non-hydrogen) atoms. The van der Waals surface area contributed by atoms with Crippen LogP contribution in [0.3, 0.4) is 0 Å². The van der Waals surface area contributed by atoms with Gasteiger partial charge in [0.25, 0.3) is 0 Å². The second kappa shape index (κ2) is 10.7. The number of rotatable bonds is 10. The van der Waals surface area contributed by atoms with Crippen molar-refractivity contribution < 1.29 is 14.7 Å². The van der Waals surface area contributed by atoms with E-state index in [1.807, 2.05) is 30.3 Å². The van der Waals surface area contributed by atoms with Crippen molar-refractivity contribution in [3.63, 3.8) is 0 Å². The van der Waals surface area contributed by atoms with Gasteiger partial charge in [-0.2, -0.15) is 4.68 Å². The van der Waals surface area contributed by atoms with E-state index >= 15 is 0 Å². The van der Waals surface area contributed by atoms with E-state index in [1.54, 1.807) is 16.8 Å². The van der Waals surface area contributed by atoms with E-state index < -0.39 is 5.97 Å². The van der Waals surface area contributed by atoms with Crippen molar-refractivity contribution >= 4 is 23.5 Å². The Hall–Kier alpha value is -3.00. The molecule has 2 unspecified atom stereocenters. The van der Waals surface area contributed by atoms with E-state index in [9.17, 15) is 9.59 Å². The normalized spacial score (nSPS) is 13.5. The fourth-order valence-corrected chi connectivity index (χ4v) is 5.33. The van der Waals surface area contributed by atoms with Crippen molar-refractivity contribution in [3.05, 3.63) is 65.7 Å². The van der Waals surface area contributed by atoms with Crippen molar-refractivity contribution in [1.29, 1.82) is 0 Å². The molecule has 0 spiro atoms. The zero-order chi connectivity index (χ0) is 24.0. The van der Waals surface area contributed by atoms with Crippen LogP contribution >= 0.6 is 11.8 Å². The van der Waals surface area contributed by atoms with Crippen molar-refractivity contribution in [3.8, 4) is 5.69 Å². The third-order valence-corrected chi connectivity index (χ3v) is 6.96. The van der Waals surface area contributed by atoms with Crippen LogP contribution < -0.4 is 0 Å². The van der Waals surface area contributed by atoms with Crippen LogP contribution in [-0.2, 0) is 0 Å². The Labute approximate surface area is 198 Å². The van der Waals surface area contributed by atoms with Crippen LogP contribution in [0.4, 0.5) is 0 Å². The van der Waals surface area contributed by atoms with Crippen LogP contribution in [-0.4, -0.2) is 42.3 Å². The molecule has 0 radical (unpaired) electrons. The van der Waals surface area contributed by atoms with Gasteiger partial charge < -0.3 is 5.11 Å². The number of tetrazole rings is 1. The van der Waals surface area contributed by atoms with Crippen molar-refractivity contribution in [1.82, 2.24) is 20.2 Å². The highest BCUT2D eigenvalue weighted by molar-refractivity contribution is 8.00. The molecule has 0 saturated carbocycles. The van der Waals surface area contributed by atoms with E-state index in [0.717, 1.165) is 19.3 Å². The molecule has 0 saturated heterocycles. The Bertz CT molecular complexity index is 1080. The van der Waals surface area contributed by atoms with Crippen LogP contribution in [0.2, 0.25) is 0 Å². The van der Waals surface area contributed by atoms with Gasteiger partial charge in [0.15, 0.2) is 5.78 Å². The minimum atomic E-state index is -0.995. The lowest BCUT2D eigenvalue weighted by atomic mass is 9.74. The molecule has 0 aliphatic rings. The third-order valence-electron chi connectivity index (χ3n) is 5.70. The number of Topliss-reactive ketones (excluding diaryl/α,β-unsaturated/α-hetero) is 1. The summed E-state index contributed by atoms with van der Waals surface area (Å²) in [5.41, 5.74) is 1.40. The molecule has 0 bridgehead atoms. The number of thioether (sulfide) groups is 1. The predicted octanol–water partition coefficient (Wildman–Crippen LogP) is 5.56. The Morgan fingerprint density at radius 2 is 1.70 bits per heavy atom. The maximum atomic E-state index is 13.7. The molecule has 1 heterocycles. The summed E-state index contributed by atoms with van der Waals surface area (Å²) < 4.78 is 1.56. The summed E-state index contributed by atoms with van der Waals surface area (Å²) in [5, 5.41) is 21.4. The van der Waals surface area contributed by atoms with Gasteiger partial charge >= 0.3 is 5.97 Å². The standard InChI is InChI=1S/C25H30N4O3S/c1-5-6-12-20(25(2,3)4)22(21(30)17-10-8-7-9-11-17)33-24-26-27-28-29(24)19-15-13-18(14-16-19)23(31)32/h7-11,13-16,20,22H,5-6,12H2,1-4H3,(H,31,32). The number of hydrogen-bond donors (Lipinski definition) is 1. The zero-order valence-electron chi connectivity index (χ0n) is 19.4. The van der Waals surface area contributed by atoms with Gasteiger partial charge in [0.1, 0.15) is 0 Å². The lowest BCUT2D eigenvalue weighted by Gasteiger charge is -2.36. The highest BCUT2D eigenvalue weighted by Gasteiger charge is 2.38. The molecule has 7 nitrogen and oxygen atoms in total. The molecule has 1 N–H and O–H groups in total. The minimum Gasteiger partial charge on any atom is -0.478 e. The van der Waals surface area contributed by atoms with Gasteiger partial charge in [0.2, 0.25) is 5.16 Å². The average Bonchev–Trinajstić information content (AvgIpc) is 3.26. The fraction of sp³-hybridized carbons (Fsp3) is 0.400. The van der Waals surface area contributed by atoms with Gasteiger partial charge in [-0.05, 0) is 52.4 Å². The Morgan fingerprint density at radius 3 is 2.27 bits per heavy atom. The molecule has 3 aromatic rings. The summed E-state index contributed by atoms with van der Waals surface area (Å²) in [5.74, 6) is -0.826. The number of nitrogens with zero attached hydrogens (tertiary/aromatic N) is 4. The number of carbonyl (C=O) groups is 2. The summed E-state index contributed by atoms with van der Waals surface area (Å²) in [4.78, 5) is 24.9. The van der Waals surface area contributed by atoms with Crippen LogP contribution in [0.25, 0.3) is 5.69 Å². The second-order valence-electron chi connectivity index (χ2n) is 9.11. The second-order valence-corrected chi connectivity index (χ2v) is 10.2. The Balaban J connectivity index is 1.99. The summed E-state index contributed by atoms with van der Waals surface area (Å²) in [6, 6.07) is 15.7. The van der Waals surface area contributed by atoms with E-state index in [1.165, 1.54) is 23.9 Å². The SMILES string of the molecule is CCCCC(C(Sc1nnnn1-c1ccc(C(=O)O)cc1)C(=O)c1ccccc1)C(C)(C)C. The van der Waals surface area contributed by atoms with Crippen LogP contribution in [0, 0.1) is 11.3 Å². The Kier molecular flexibility index (Phi) is 8.02. The molecule has 0 aliphatic heterocycles. The summed E-state index contributed by atoms with van der Waals surface area (Å²) in [7, 11) is 0. The van der Waals surface area contributed by atoms with Gasteiger partial charge in [0, 0.05) is 5.56 Å². The van der Waals surface area contributed by atoms with Crippen molar-refractivity contribution in [2.75, 3.05) is 0 Å². The minimum absolute atomic E-state index is 0.0624. The summed E-state index contributed by atoms with van der Waals surface area (Å²) in [6.45, 7) is 8.68. The topological polar surface area (TPSA) is 98.0 Å². The molecule has 1 aromatic heterocycles. The van der Waals surface area contributed by atoms with Crippen LogP contribution in [0.15, 0.2) is 59.8 Å². The molecular formula is C25H30N4O3S. The highest BCUT2D eigenvalue weighted by atomic mass is 32.2. The van der Waals surface area contributed by atoms with Gasteiger partial charge in [-0.25, -0.2) is 4.79 Å². The van der Waals surface area contributed by atoms with Gasteiger partial charge in [-0.1, -0.05) is 82.6 Å². The van der Waals surface area contributed by atoms with Crippen LogP contribution in [0.1, 0.15) is 67.7 Å². The number of unbranched alkanes of at least 4 members (excludes halogenated alkanes) is 1. The number of carbonyl (C=O) groups excluding carboxylic acids is 1. The first-order valence-corrected chi connectivity index (χ1v) is 12.0. The van der Waals surface area contributed by atoms with Crippen molar-refractivity contribution in [2.24, 2.45) is 11.3 Å². The quantitative estimate of drug-likeness (QED) is 0.309. The lowest BCUT2D eigenvalue weighted by Crippen LogP contribution is -2.36. The molecule has 0 amide bonds. The highest BCUT2D eigenvalue weighted by Crippen LogP contribution is 2.42. The number of benzene rings is 2. The fourth-order valence-electron chi connectivity index (χ4n) is 3.82. The van der Waals surface area contributed by atoms with E-state index in [2.05, 4.69) is 43.2 Å². The largest absolute Gasteiger partial charge is 0.478 e. The molecule has 2 aromatic carbocycles. The van der Waals surface area contributed by atoms with E-state index in [0.29, 0.717) is 16.4 Å². The predicted molar refractivity (Wildman–Crippen MR) is 129 cm³/mol. The van der Waals surface area contributed by atoms with E-state index in [4.69, 9.17) is 5.11 Å².